The van der Waals surface area contributed by atoms with E-state index in [4.69, 9.17) is 32.7 Å². The van der Waals surface area contributed by atoms with Crippen molar-refractivity contribution in [3.05, 3.63) is 62.3 Å². The summed E-state index contributed by atoms with van der Waals surface area (Å²) in [5.74, 6) is 0.454. The minimum atomic E-state index is -0.348. The number of fused-ring (bicyclic) bond motifs is 1. The van der Waals surface area contributed by atoms with Crippen LogP contribution in [-0.2, 0) is 11.2 Å². The molecule has 0 spiro atoms. The summed E-state index contributed by atoms with van der Waals surface area (Å²) in [6, 6.07) is 7.69. The minimum Gasteiger partial charge on any atom is -0.494 e. The van der Waals surface area contributed by atoms with Gasteiger partial charge in [0.15, 0.2) is 0 Å². The van der Waals surface area contributed by atoms with Gasteiger partial charge in [0.25, 0.3) is 0 Å². The summed E-state index contributed by atoms with van der Waals surface area (Å²) in [4.78, 5) is 15.7. The van der Waals surface area contributed by atoms with Gasteiger partial charge in [-0.05, 0) is 81.0 Å². The molecule has 154 valence electrons. The monoisotopic (exact) mass is 433 g/mol. The van der Waals surface area contributed by atoms with Gasteiger partial charge in [0, 0.05) is 15.4 Å². The smallest absolute Gasteiger partial charge is 0.355 e. The molecule has 0 saturated carbocycles. The van der Waals surface area contributed by atoms with Gasteiger partial charge in [-0.15, -0.1) is 0 Å². The Bertz CT molecular complexity index is 1030. The quantitative estimate of drug-likeness (QED) is 0.337. The molecular weight excluding hydrogens is 409 g/mol. The largest absolute Gasteiger partial charge is 0.494 e. The topological polar surface area (TPSA) is 51.3 Å². The molecule has 0 aliphatic rings. The number of ether oxygens (including phenoxy) is 2. The molecule has 0 aliphatic heterocycles. The summed E-state index contributed by atoms with van der Waals surface area (Å²) >= 11 is 12.5. The maximum absolute atomic E-state index is 12.5. The van der Waals surface area contributed by atoms with Crippen molar-refractivity contribution in [2.24, 2.45) is 0 Å². The maximum atomic E-state index is 12.5. The maximum Gasteiger partial charge on any atom is 0.355 e. The van der Waals surface area contributed by atoms with Crippen LogP contribution < -0.4 is 4.74 Å². The van der Waals surface area contributed by atoms with Crippen LogP contribution in [0.3, 0.4) is 0 Å². The molecule has 2 aromatic carbocycles. The molecule has 4 nitrogen and oxygen atoms in total. The Balaban J connectivity index is 1.79. The molecule has 6 heteroatoms. The van der Waals surface area contributed by atoms with Crippen LogP contribution in [0.15, 0.2) is 24.3 Å². The lowest BCUT2D eigenvalue weighted by atomic mass is 10.0. The molecule has 0 amide bonds. The van der Waals surface area contributed by atoms with E-state index in [0.29, 0.717) is 30.4 Å². The first kappa shape index (κ1) is 21.5. The number of esters is 1. The highest BCUT2D eigenvalue weighted by Gasteiger charge is 2.20. The molecule has 0 aliphatic carbocycles. The molecule has 0 unspecified atom stereocenters. The second-order valence-electron chi connectivity index (χ2n) is 7.12. The molecule has 1 aromatic heterocycles. The number of carbonyl (C=O) groups excluding carboxylic acids is 1. The van der Waals surface area contributed by atoms with E-state index in [9.17, 15) is 4.79 Å². The highest BCUT2D eigenvalue weighted by molar-refractivity contribution is 6.32. The SMILES string of the molecule is CCOC(=O)c1[nH]c2c(C)c(Cl)ccc2c1CCCOc1cc(C)c(Cl)c(C)c1. The van der Waals surface area contributed by atoms with E-state index in [0.717, 1.165) is 50.3 Å². The number of aromatic amines is 1. The van der Waals surface area contributed by atoms with Crippen LogP contribution in [-0.4, -0.2) is 24.2 Å². The standard InChI is InChI=1S/C23H25Cl2NO3/c1-5-28-23(27)22-17(18-8-9-19(24)15(4)21(18)26-22)7-6-10-29-16-11-13(2)20(25)14(3)12-16/h8-9,11-12,26H,5-7,10H2,1-4H3. The first-order valence-corrected chi connectivity index (χ1v) is 10.4. The average Bonchev–Trinajstić information content (AvgIpc) is 3.05. The van der Waals surface area contributed by atoms with E-state index in [1.807, 2.05) is 45.0 Å². The first-order valence-electron chi connectivity index (χ1n) is 9.69. The number of H-pyrrole nitrogens is 1. The number of hydrogen-bond acceptors (Lipinski definition) is 3. The Morgan fingerprint density at radius 1 is 1.10 bits per heavy atom. The number of hydrogen-bond donors (Lipinski definition) is 1. The second kappa shape index (κ2) is 9.10. The zero-order valence-electron chi connectivity index (χ0n) is 17.1. The van der Waals surface area contributed by atoms with Crippen molar-refractivity contribution in [1.29, 1.82) is 0 Å². The molecule has 1 N–H and O–H groups in total. The van der Waals surface area contributed by atoms with E-state index in [1.165, 1.54) is 0 Å². The molecule has 0 fully saturated rings. The van der Waals surface area contributed by atoms with Crippen molar-refractivity contribution in [1.82, 2.24) is 4.98 Å². The third kappa shape index (κ3) is 4.54. The van der Waals surface area contributed by atoms with E-state index in [2.05, 4.69) is 4.98 Å². The molecule has 3 rings (SSSR count). The zero-order valence-corrected chi connectivity index (χ0v) is 18.6. The van der Waals surface area contributed by atoms with Crippen molar-refractivity contribution in [3.63, 3.8) is 0 Å². The van der Waals surface area contributed by atoms with Crippen LogP contribution in [0.2, 0.25) is 10.0 Å². The molecule has 0 radical (unpaired) electrons. The van der Waals surface area contributed by atoms with Crippen LogP contribution in [0.4, 0.5) is 0 Å². The molecule has 0 saturated heterocycles. The van der Waals surface area contributed by atoms with Gasteiger partial charge in [0.05, 0.1) is 18.7 Å². The van der Waals surface area contributed by atoms with Crippen molar-refractivity contribution in [3.8, 4) is 5.75 Å². The fourth-order valence-electron chi connectivity index (χ4n) is 3.50. The zero-order chi connectivity index (χ0) is 21.1. The average molecular weight is 434 g/mol. The lowest BCUT2D eigenvalue weighted by Crippen LogP contribution is -2.09. The third-order valence-electron chi connectivity index (χ3n) is 5.01. The predicted molar refractivity (Wildman–Crippen MR) is 119 cm³/mol. The Morgan fingerprint density at radius 3 is 2.45 bits per heavy atom. The molecule has 3 aromatic rings. The van der Waals surface area contributed by atoms with Crippen molar-refractivity contribution in [2.45, 2.75) is 40.5 Å². The predicted octanol–water partition coefficient (Wildman–Crippen LogP) is 6.59. The van der Waals surface area contributed by atoms with Crippen LogP contribution in [0.25, 0.3) is 10.9 Å². The Labute approximate surface area is 181 Å². The van der Waals surface area contributed by atoms with Gasteiger partial charge in [0.2, 0.25) is 0 Å². The van der Waals surface area contributed by atoms with E-state index < -0.39 is 0 Å². The lowest BCUT2D eigenvalue weighted by molar-refractivity contribution is 0.0519. The fraction of sp³-hybridized carbons (Fsp3) is 0.348. The normalized spacial score (nSPS) is 11.1. The Hall–Kier alpha value is -2.17. The van der Waals surface area contributed by atoms with Gasteiger partial charge in [-0.25, -0.2) is 4.79 Å². The van der Waals surface area contributed by atoms with Crippen LogP contribution in [0.1, 0.15) is 46.1 Å². The number of carbonyl (C=O) groups is 1. The van der Waals surface area contributed by atoms with Crippen LogP contribution in [0.5, 0.6) is 5.75 Å². The van der Waals surface area contributed by atoms with Gasteiger partial charge in [0.1, 0.15) is 11.4 Å². The minimum absolute atomic E-state index is 0.325. The summed E-state index contributed by atoms with van der Waals surface area (Å²) in [5, 5.41) is 2.43. The van der Waals surface area contributed by atoms with Gasteiger partial charge >= 0.3 is 5.97 Å². The van der Waals surface area contributed by atoms with Gasteiger partial charge in [-0.3, -0.25) is 0 Å². The van der Waals surface area contributed by atoms with Gasteiger partial charge < -0.3 is 14.5 Å². The summed E-state index contributed by atoms with van der Waals surface area (Å²) in [5.41, 5.74) is 5.21. The van der Waals surface area contributed by atoms with Crippen molar-refractivity contribution >= 4 is 40.1 Å². The molecule has 0 atom stereocenters. The number of aromatic nitrogens is 1. The Morgan fingerprint density at radius 2 is 1.79 bits per heavy atom. The first-order chi connectivity index (χ1) is 13.8. The number of rotatable bonds is 7. The number of nitrogens with one attached hydrogen (secondary N) is 1. The molecule has 0 bridgehead atoms. The van der Waals surface area contributed by atoms with Gasteiger partial charge in [-0.2, -0.15) is 0 Å². The van der Waals surface area contributed by atoms with E-state index >= 15 is 0 Å². The molecular formula is C23H25Cl2NO3. The highest BCUT2D eigenvalue weighted by atomic mass is 35.5. The van der Waals surface area contributed by atoms with Crippen molar-refractivity contribution < 1.29 is 14.3 Å². The summed E-state index contributed by atoms with van der Waals surface area (Å²) in [6.45, 7) is 8.52. The number of aryl methyl sites for hydroxylation is 4. The highest BCUT2D eigenvalue weighted by Crippen LogP contribution is 2.31. The summed E-state index contributed by atoms with van der Waals surface area (Å²) in [7, 11) is 0. The molecule has 1 heterocycles. The van der Waals surface area contributed by atoms with Crippen LogP contribution in [0, 0.1) is 20.8 Å². The van der Waals surface area contributed by atoms with Gasteiger partial charge in [-0.1, -0.05) is 29.3 Å². The lowest BCUT2D eigenvalue weighted by Gasteiger charge is -2.10. The molecule has 29 heavy (non-hydrogen) atoms. The third-order valence-corrected chi connectivity index (χ3v) is 6.01. The van der Waals surface area contributed by atoms with E-state index in [1.54, 1.807) is 6.92 Å². The van der Waals surface area contributed by atoms with Crippen molar-refractivity contribution in [2.75, 3.05) is 13.2 Å². The number of benzene rings is 2. The van der Waals surface area contributed by atoms with E-state index in [-0.39, 0.29) is 5.97 Å². The second-order valence-corrected chi connectivity index (χ2v) is 7.90. The number of halogens is 2. The summed E-state index contributed by atoms with van der Waals surface area (Å²) < 4.78 is 11.2. The Kier molecular flexibility index (Phi) is 6.76. The summed E-state index contributed by atoms with van der Waals surface area (Å²) in [6.07, 6.45) is 1.43. The van der Waals surface area contributed by atoms with Crippen LogP contribution >= 0.6 is 23.2 Å². The fourth-order valence-corrected chi connectivity index (χ4v) is 3.77.